The summed E-state index contributed by atoms with van der Waals surface area (Å²) in [5, 5.41) is 0. The van der Waals surface area contributed by atoms with Crippen LogP contribution in [0.5, 0.6) is 5.75 Å². The Morgan fingerprint density at radius 1 is 1.05 bits per heavy atom. The molecule has 0 spiro atoms. The molecule has 0 radical (unpaired) electrons. The number of alkyl halides is 3. The van der Waals surface area contributed by atoms with E-state index in [2.05, 4.69) is 4.74 Å². The first kappa shape index (κ1) is 16.2. The van der Waals surface area contributed by atoms with Gasteiger partial charge in [0.15, 0.2) is 0 Å². The monoisotopic (exact) mass is 302 g/mol. The van der Waals surface area contributed by atoms with E-state index in [9.17, 15) is 13.2 Å². The zero-order valence-electron chi connectivity index (χ0n) is 12.7. The zero-order valence-corrected chi connectivity index (χ0v) is 12.7. The maximum absolute atomic E-state index is 12.4. The molecule has 0 N–H and O–H groups in total. The molecule has 2 rings (SSSR count). The Labute approximate surface area is 122 Å². The summed E-state index contributed by atoms with van der Waals surface area (Å²) in [5.41, 5.74) is -0.209. The Hall–Kier alpha value is -1.21. The van der Waals surface area contributed by atoms with Crippen LogP contribution in [0.4, 0.5) is 13.2 Å². The summed E-state index contributed by atoms with van der Waals surface area (Å²) in [5.74, 6) is -0.241. The molecule has 0 aliphatic carbocycles. The molecule has 0 bridgehead atoms. The van der Waals surface area contributed by atoms with Crippen LogP contribution in [-0.4, -0.2) is 24.7 Å². The number of hydrogen-bond acceptors (Lipinski definition) is 3. The summed E-state index contributed by atoms with van der Waals surface area (Å²) in [6.07, 6.45) is -4.72. The summed E-state index contributed by atoms with van der Waals surface area (Å²) >= 11 is 0. The Kier molecular flexibility index (Phi) is 3.79. The van der Waals surface area contributed by atoms with Crippen LogP contribution in [0, 0.1) is 6.92 Å². The first-order valence-corrected chi connectivity index (χ1v) is 6.64. The molecule has 1 aliphatic rings. The third kappa shape index (κ3) is 3.19. The summed E-state index contributed by atoms with van der Waals surface area (Å²) < 4.78 is 52.9. The second-order valence-electron chi connectivity index (χ2n) is 6.11. The van der Waals surface area contributed by atoms with Gasteiger partial charge in [-0.3, -0.25) is 0 Å². The highest BCUT2D eigenvalue weighted by molar-refractivity contribution is 6.62. The van der Waals surface area contributed by atoms with Crippen LogP contribution in [0.25, 0.3) is 0 Å². The van der Waals surface area contributed by atoms with Gasteiger partial charge in [0.2, 0.25) is 0 Å². The van der Waals surface area contributed by atoms with Gasteiger partial charge in [-0.25, -0.2) is 0 Å². The molecule has 0 unspecified atom stereocenters. The van der Waals surface area contributed by atoms with E-state index in [1.165, 1.54) is 12.1 Å². The SMILES string of the molecule is Cc1c(OC(F)(F)F)cccc1B1OC(C)(C)C(C)(C)O1. The highest BCUT2D eigenvalue weighted by atomic mass is 19.4. The van der Waals surface area contributed by atoms with Gasteiger partial charge in [-0.2, -0.15) is 0 Å². The second-order valence-corrected chi connectivity index (χ2v) is 6.11. The van der Waals surface area contributed by atoms with E-state index in [1.54, 1.807) is 13.0 Å². The predicted molar refractivity (Wildman–Crippen MR) is 73.6 cm³/mol. The maximum Gasteiger partial charge on any atom is 0.573 e. The fourth-order valence-electron chi connectivity index (χ4n) is 2.09. The molecule has 7 heteroatoms. The van der Waals surface area contributed by atoms with Gasteiger partial charge < -0.3 is 14.0 Å². The lowest BCUT2D eigenvalue weighted by Gasteiger charge is -2.32. The van der Waals surface area contributed by atoms with Crippen LogP contribution in [0.1, 0.15) is 33.3 Å². The van der Waals surface area contributed by atoms with Crippen molar-refractivity contribution in [1.82, 2.24) is 0 Å². The number of benzene rings is 1. The Morgan fingerprint density at radius 3 is 2.05 bits per heavy atom. The number of rotatable bonds is 2. The van der Waals surface area contributed by atoms with Gasteiger partial charge >= 0.3 is 13.5 Å². The molecule has 1 saturated heterocycles. The molecule has 0 aromatic heterocycles. The summed E-state index contributed by atoms with van der Waals surface area (Å²) in [7, 11) is -0.716. The van der Waals surface area contributed by atoms with Crippen LogP contribution >= 0.6 is 0 Å². The maximum atomic E-state index is 12.4. The summed E-state index contributed by atoms with van der Waals surface area (Å²) in [4.78, 5) is 0. The van der Waals surface area contributed by atoms with Crippen LogP contribution in [-0.2, 0) is 9.31 Å². The van der Waals surface area contributed by atoms with Gasteiger partial charge in [-0.05, 0) is 51.7 Å². The van der Waals surface area contributed by atoms with Crippen molar-refractivity contribution in [2.45, 2.75) is 52.2 Å². The van der Waals surface area contributed by atoms with Gasteiger partial charge in [-0.15, -0.1) is 13.2 Å². The number of halogens is 3. The largest absolute Gasteiger partial charge is 0.573 e. The lowest BCUT2D eigenvalue weighted by molar-refractivity contribution is -0.274. The average molecular weight is 302 g/mol. The quantitative estimate of drug-likeness (QED) is 0.785. The highest BCUT2D eigenvalue weighted by Gasteiger charge is 2.52. The van der Waals surface area contributed by atoms with Gasteiger partial charge in [0, 0.05) is 0 Å². The molecule has 21 heavy (non-hydrogen) atoms. The summed E-state index contributed by atoms with van der Waals surface area (Å²) in [6, 6.07) is 4.45. The van der Waals surface area contributed by atoms with Crippen molar-refractivity contribution in [3.63, 3.8) is 0 Å². The minimum Gasteiger partial charge on any atom is -0.406 e. The van der Waals surface area contributed by atoms with E-state index in [0.717, 1.165) is 0 Å². The highest BCUT2D eigenvalue weighted by Crippen LogP contribution is 2.37. The van der Waals surface area contributed by atoms with Gasteiger partial charge in [0.05, 0.1) is 11.2 Å². The molecule has 3 nitrogen and oxygen atoms in total. The molecule has 0 saturated carbocycles. The fraction of sp³-hybridized carbons (Fsp3) is 0.571. The van der Waals surface area contributed by atoms with E-state index in [0.29, 0.717) is 11.0 Å². The smallest absolute Gasteiger partial charge is 0.406 e. The molecular formula is C14H18BF3O3. The molecule has 1 aromatic carbocycles. The predicted octanol–water partition coefficient (Wildman–Crippen LogP) is 3.19. The molecule has 1 aliphatic heterocycles. The Morgan fingerprint density at radius 2 is 1.57 bits per heavy atom. The van der Waals surface area contributed by atoms with E-state index in [-0.39, 0.29) is 5.75 Å². The van der Waals surface area contributed by atoms with Crippen molar-refractivity contribution in [3.8, 4) is 5.75 Å². The average Bonchev–Trinajstić information content (AvgIpc) is 2.49. The van der Waals surface area contributed by atoms with E-state index < -0.39 is 24.7 Å². The van der Waals surface area contributed by atoms with Crippen LogP contribution in [0.15, 0.2) is 18.2 Å². The Balaban J connectivity index is 2.33. The molecule has 1 heterocycles. The van der Waals surface area contributed by atoms with E-state index in [4.69, 9.17) is 9.31 Å². The first-order chi connectivity index (χ1) is 9.43. The summed E-state index contributed by atoms with van der Waals surface area (Å²) in [6.45, 7) is 9.11. The van der Waals surface area contributed by atoms with Crippen molar-refractivity contribution in [3.05, 3.63) is 23.8 Å². The van der Waals surface area contributed by atoms with E-state index in [1.807, 2.05) is 27.7 Å². The van der Waals surface area contributed by atoms with Crippen molar-refractivity contribution >= 4 is 12.6 Å². The third-order valence-corrected chi connectivity index (χ3v) is 4.06. The topological polar surface area (TPSA) is 27.7 Å². The van der Waals surface area contributed by atoms with Crippen molar-refractivity contribution < 1.29 is 27.2 Å². The van der Waals surface area contributed by atoms with E-state index >= 15 is 0 Å². The number of hydrogen-bond donors (Lipinski definition) is 0. The molecule has 1 aromatic rings. The molecule has 0 atom stereocenters. The van der Waals surface area contributed by atoms with Gasteiger partial charge in [0.25, 0.3) is 0 Å². The Bertz CT molecular complexity index is 525. The first-order valence-electron chi connectivity index (χ1n) is 6.64. The van der Waals surface area contributed by atoms with Crippen molar-refractivity contribution in [1.29, 1.82) is 0 Å². The lowest BCUT2D eigenvalue weighted by atomic mass is 9.76. The van der Waals surface area contributed by atoms with Gasteiger partial charge in [0.1, 0.15) is 5.75 Å². The molecular weight excluding hydrogens is 284 g/mol. The standard InChI is InChI=1S/C14H18BF3O3/c1-9-10(7-6-8-11(9)19-14(16,17)18)15-20-12(2,3)13(4,5)21-15/h6-8H,1-5H3. The minimum absolute atomic E-state index is 0.241. The van der Waals surface area contributed by atoms with Gasteiger partial charge in [-0.1, -0.05) is 12.1 Å². The third-order valence-electron chi connectivity index (χ3n) is 4.06. The van der Waals surface area contributed by atoms with Crippen LogP contribution in [0.2, 0.25) is 0 Å². The normalized spacial score (nSPS) is 20.7. The van der Waals surface area contributed by atoms with Crippen molar-refractivity contribution in [2.24, 2.45) is 0 Å². The van der Waals surface area contributed by atoms with Crippen molar-refractivity contribution in [2.75, 3.05) is 0 Å². The number of ether oxygens (including phenoxy) is 1. The minimum atomic E-state index is -4.72. The molecule has 116 valence electrons. The van der Waals surface area contributed by atoms with Crippen LogP contribution < -0.4 is 10.2 Å². The molecule has 0 amide bonds. The molecule has 1 fully saturated rings. The lowest BCUT2D eigenvalue weighted by Crippen LogP contribution is -2.41. The second kappa shape index (κ2) is 4.92. The van der Waals surface area contributed by atoms with Crippen LogP contribution in [0.3, 0.4) is 0 Å². The fourth-order valence-corrected chi connectivity index (χ4v) is 2.09. The zero-order chi connectivity index (χ0) is 16.1.